The van der Waals surface area contributed by atoms with Gasteiger partial charge in [0.15, 0.2) is 6.61 Å². The molecule has 0 aliphatic carbocycles. The first-order chi connectivity index (χ1) is 10.1. The zero-order valence-electron chi connectivity index (χ0n) is 11.4. The van der Waals surface area contributed by atoms with Crippen LogP contribution in [-0.4, -0.2) is 23.6 Å². The Bertz CT molecular complexity index is 585. The minimum absolute atomic E-state index is 0.0646. The van der Waals surface area contributed by atoms with Crippen molar-refractivity contribution < 1.29 is 9.53 Å². The number of nitrogens with one attached hydrogen (secondary N) is 1. The molecule has 2 rings (SSSR count). The van der Waals surface area contributed by atoms with Gasteiger partial charge in [-0.15, -0.1) is 0 Å². The van der Waals surface area contributed by atoms with Gasteiger partial charge in [0.25, 0.3) is 5.91 Å². The third kappa shape index (κ3) is 5.33. The van der Waals surface area contributed by atoms with E-state index in [1.165, 1.54) is 0 Å². The molecule has 0 radical (unpaired) electrons. The lowest BCUT2D eigenvalue weighted by molar-refractivity contribution is -0.123. The van der Waals surface area contributed by atoms with Gasteiger partial charge in [-0.25, -0.2) is 0 Å². The van der Waals surface area contributed by atoms with E-state index in [0.717, 1.165) is 13.0 Å². The third-order valence-electron chi connectivity index (χ3n) is 2.83. The molecule has 0 unspecified atom stereocenters. The van der Waals surface area contributed by atoms with Gasteiger partial charge in [-0.3, -0.25) is 4.79 Å². The van der Waals surface area contributed by atoms with E-state index in [0.29, 0.717) is 22.3 Å². The van der Waals surface area contributed by atoms with Crippen LogP contribution in [0, 0.1) is 0 Å². The molecule has 0 aliphatic heterocycles. The predicted molar refractivity (Wildman–Crippen MR) is 84.0 cm³/mol. The van der Waals surface area contributed by atoms with Gasteiger partial charge >= 0.3 is 0 Å². The molecule has 0 atom stereocenters. The topological polar surface area (TPSA) is 43.3 Å². The molecule has 4 nitrogen and oxygen atoms in total. The van der Waals surface area contributed by atoms with Gasteiger partial charge in [-0.05, 0) is 36.8 Å². The zero-order chi connectivity index (χ0) is 15.1. The minimum Gasteiger partial charge on any atom is -0.482 e. The standard InChI is InChI=1S/C15H16Cl2N2O2/c16-12-4-5-14(13(17)10-12)21-11-15(20)18-6-3-9-19-7-1-2-8-19/h1-2,4-5,7-8,10H,3,6,9,11H2,(H,18,20). The molecule has 21 heavy (non-hydrogen) atoms. The number of hydrogen-bond acceptors (Lipinski definition) is 2. The molecule has 0 bridgehead atoms. The van der Waals surface area contributed by atoms with Crippen LogP contribution in [0.1, 0.15) is 6.42 Å². The van der Waals surface area contributed by atoms with E-state index in [1.807, 2.05) is 24.5 Å². The molecule has 1 heterocycles. The Labute approximate surface area is 133 Å². The molecular formula is C15H16Cl2N2O2. The Hall–Kier alpha value is -1.65. The van der Waals surface area contributed by atoms with Crippen LogP contribution in [0.3, 0.4) is 0 Å². The fourth-order valence-electron chi connectivity index (χ4n) is 1.80. The van der Waals surface area contributed by atoms with Crippen molar-refractivity contribution in [2.45, 2.75) is 13.0 Å². The third-order valence-corrected chi connectivity index (χ3v) is 3.36. The Balaban J connectivity index is 1.65. The van der Waals surface area contributed by atoms with Crippen molar-refractivity contribution in [3.8, 4) is 5.75 Å². The maximum absolute atomic E-state index is 11.6. The van der Waals surface area contributed by atoms with E-state index in [-0.39, 0.29) is 12.5 Å². The van der Waals surface area contributed by atoms with Crippen LogP contribution in [0.5, 0.6) is 5.75 Å². The van der Waals surface area contributed by atoms with Crippen LogP contribution in [0.4, 0.5) is 0 Å². The van der Waals surface area contributed by atoms with Gasteiger partial charge in [0.05, 0.1) is 5.02 Å². The van der Waals surface area contributed by atoms with E-state index in [1.54, 1.807) is 18.2 Å². The monoisotopic (exact) mass is 326 g/mol. The largest absolute Gasteiger partial charge is 0.482 e. The van der Waals surface area contributed by atoms with Crippen LogP contribution in [-0.2, 0) is 11.3 Å². The highest BCUT2D eigenvalue weighted by molar-refractivity contribution is 6.35. The highest BCUT2D eigenvalue weighted by Gasteiger charge is 2.06. The van der Waals surface area contributed by atoms with Gasteiger partial charge in [0.2, 0.25) is 0 Å². The first-order valence-electron chi connectivity index (χ1n) is 6.60. The van der Waals surface area contributed by atoms with Gasteiger partial charge in [-0.2, -0.15) is 0 Å². The first kappa shape index (κ1) is 15.7. The molecule has 0 aliphatic rings. The normalized spacial score (nSPS) is 10.4. The van der Waals surface area contributed by atoms with E-state index in [9.17, 15) is 4.79 Å². The number of benzene rings is 1. The molecule has 1 amide bonds. The number of aromatic nitrogens is 1. The second-order valence-corrected chi connectivity index (χ2v) is 5.33. The Morgan fingerprint density at radius 3 is 2.71 bits per heavy atom. The van der Waals surface area contributed by atoms with Gasteiger partial charge < -0.3 is 14.6 Å². The van der Waals surface area contributed by atoms with Gasteiger partial charge in [0.1, 0.15) is 5.75 Å². The van der Waals surface area contributed by atoms with Gasteiger partial charge in [-0.1, -0.05) is 23.2 Å². The van der Waals surface area contributed by atoms with Crippen LogP contribution >= 0.6 is 23.2 Å². The molecule has 1 aromatic carbocycles. The zero-order valence-corrected chi connectivity index (χ0v) is 12.9. The van der Waals surface area contributed by atoms with Crippen LogP contribution in [0.2, 0.25) is 10.0 Å². The van der Waals surface area contributed by atoms with Crippen molar-refractivity contribution in [2.24, 2.45) is 0 Å². The molecule has 112 valence electrons. The maximum Gasteiger partial charge on any atom is 0.257 e. The summed E-state index contributed by atoms with van der Waals surface area (Å²) in [6.45, 7) is 1.41. The smallest absolute Gasteiger partial charge is 0.257 e. The molecule has 0 fully saturated rings. The van der Waals surface area contributed by atoms with Crippen molar-refractivity contribution in [2.75, 3.05) is 13.2 Å². The molecule has 1 N–H and O–H groups in total. The van der Waals surface area contributed by atoms with Crippen LogP contribution in [0.15, 0.2) is 42.7 Å². The average molecular weight is 327 g/mol. The van der Waals surface area contributed by atoms with E-state index in [2.05, 4.69) is 9.88 Å². The summed E-state index contributed by atoms with van der Waals surface area (Å²) in [6, 6.07) is 8.83. The number of hydrogen-bond donors (Lipinski definition) is 1. The fraction of sp³-hybridized carbons (Fsp3) is 0.267. The number of carbonyl (C=O) groups is 1. The summed E-state index contributed by atoms with van der Waals surface area (Å²) in [7, 11) is 0. The summed E-state index contributed by atoms with van der Waals surface area (Å²) in [4.78, 5) is 11.6. The Kier molecular flexibility index (Phi) is 5.96. The SMILES string of the molecule is O=C(COc1ccc(Cl)cc1Cl)NCCCn1cccc1. The van der Waals surface area contributed by atoms with E-state index >= 15 is 0 Å². The minimum atomic E-state index is -0.173. The van der Waals surface area contributed by atoms with Crippen molar-refractivity contribution in [1.29, 1.82) is 0 Å². The summed E-state index contributed by atoms with van der Waals surface area (Å²) in [5.41, 5.74) is 0. The van der Waals surface area contributed by atoms with Crippen molar-refractivity contribution in [3.05, 3.63) is 52.8 Å². The van der Waals surface area contributed by atoms with Crippen molar-refractivity contribution >= 4 is 29.1 Å². The number of aryl methyl sites for hydroxylation is 1. The molecule has 0 saturated heterocycles. The number of carbonyl (C=O) groups excluding carboxylic acids is 1. The van der Waals surface area contributed by atoms with Gasteiger partial charge in [0, 0.05) is 30.5 Å². The molecule has 2 aromatic rings. The predicted octanol–water partition coefficient (Wildman–Crippen LogP) is 3.38. The lowest BCUT2D eigenvalue weighted by atomic mass is 10.3. The lowest BCUT2D eigenvalue weighted by Crippen LogP contribution is -2.30. The van der Waals surface area contributed by atoms with E-state index < -0.39 is 0 Å². The van der Waals surface area contributed by atoms with Crippen LogP contribution < -0.4 is 10.1 Å². The molecule has 1 aromatic heterocycles. The van der Waals surface area contributed by atoms with Crippen molar-refractivity contribution in [1.82, 2.24) is 9.88 Å². The highest BCUT2D eigenvalue weighted by atomic mass is 35.5. The summed E-state index contributed by atoms with van der Waals surface area (Å²) in [5, 5.41) is 3.72. The van der Waals surface area contributed by atoms with Crippen LogP contribution in [0.25, 0.3) is 0 Å². The molecule has 0 saturated carbocycles. The maximum atomic E-state index is 11.6. The number of nitrogens with zero attached hydrogens (tertiary/aromatic N) is 1. The Morgan fingerprint density at radius 1 is 1.24 bits per heavy atom. The number of halogens is 2. The lowest BCUT2D eigenvalue weighted by Gasteiger charge is -2.09. The second-order valence-electron chi connectivity index (χ2n) is 4.49. The van der Waals surface area contributed by atoms with E-state index in [4.69, 9.17) is 27.9 Å². The second kappa shape index (κ2) is 7.96. The molecular weight excluding hydrogens is 311 g/mol. The quantitative estimate of drug-likeness (QED) is 0.792. The molecule has 6 heteroatoms. The Morgan fingerprint density at radius 2 is 2.00 bits per heavy atom. The number of ether oxygens (including phenoxy) is 1. The first-order valence-corrected chi connectivity index (χ1v) is 7.36. The number of rotatable bonds is 7. The summed E-state index contributed by atoms with van der Waals surface area (Å²) in [5.74, 6) is 0.275. The average Bonchev–Trinajstić information content (AvgIpc) is 2.96. The number of amides is 1. The summed E-state index contributed by atoms with van der Waals surface area (Å²) in [6.07, 6.45) is 4.85. The highest BCUT2D eigenvalue weighted by Crippen LogP contribution is 2.27. The van der Waals surface area contributed by atoms with Crippen molar-refractivity contribution in [3.63, 3.8) is 0 Å². The molecule has 0 spiro atoms. The summed E-state index contributed by atoms with van der Waals surface area (Å²) >= 11 is 11.7. The fourth-order valence-corrected chi connectivity index (χ4v) is 2.26. The summed E-state index contributed by atoms with van der Waals surface area (Å²) < 4.78 is 7.41.